The summed E-state index contributed by atoms with van der Waals surface area (Å²) in [5.41, 5.74) is 7.58. The van der Waals surface area contributed by atoms with E-state index in [1.807, 2.05) is 7.11 Å². The molecule has 5 rings (SSSR count). The number of allylic oxidation sites excluding steroid dienone is 2. The lowest BCUT2D eigenvalue weighted by atomic mass is 9.62. The van der Waals surface area contributed by atoms with E-state index in [0.29, 0.717) is 17.9 Å². The Morgan fingerprint density at radius 2 is 1.83 bits per heavy atom. The molecule has 3 aliphatic carbocycles. The summed E-state index contributed by atoms with van der Waals surface area (Å²) in [6, 6.07) is 7.06. The van der Waals surface area contributed by atoms with Gasteiger partial charge in [0.15, 0.2) is 0 Å². The van der Waals surface area contributed by atoms with Gasteiger partial charge in [0, 0.05) is 23.1 Å². The van der Waals surface area contributed by atoms with Crippen LogP contribution in [0.2, 0.25) is 0 Å². The first-order chi connectivity index (χ1) is 14.5. The van der Waals surface area contributed by atoms with Gasteiger partial charge in [-0.15, -0.1) is 0 Å². The van der Waals surface area contributed by atoms with Gasteiger partial charge in [0.25, 0.3) is 0 Å². The number of benzene rings is 1. The Bertz CT molecular complexity index is 911. The largest absolute Gasteiger partial charge is 0.496 e. The molecule has 1 aromatic rings. The van der Waals surface area contributed by atoms with Gasteiger partial charge in [-0.3, -0.25) is 0 Å². The van der Waals surface area contributed by atoms with E-state index in [1.54, 1.807) is 5.57 Å². The molecule has 1 heterocycles. The molecule has 0 spiro atoms. The normalized spacial score (nSPS) is 30.7. The van der Waals surface area contributed by atoms with Crippen molar-refractivity contribution in [2.75, 3.05) is 7.11 Å². The van der Waals surface area contributed by atoms with Crippen LogP contribution in [-0.2, 0) is 6.42 Å². The van der Waals surface area contributed by atoms with Crippen molar-refractivity contribution < 1.29 is 4.74 Å². The Kier molecular flexibility index (Phi) is 5.17. The minimum absolute atomic E-state index is 0.0513. The van der Waals surface area contributed by atoms with Crippen LogP contribution >= 0.6 is 0 Å². The highest BCUT2D eigenvalue weighted by molar-refractivity contribution is 5.86. The first-order valence-electron chi connectivity index (χ1n) is 12.0. The average Bonchev–Trinajstić information content (AvgIpc) is 3.00. The topological polar surface area (TPSA) is 21.3 Å². The second-order valence-corrected chi connectivity index (χ2v) is 10.5. The SMILES string of the molecule is COc1cccc2c1C1=C(C(C3CCCCCC3)C2)C2C(C)=CC(C)(C)NC2C=C1. The summed E-state index contributed by atoms with van der Waals surface area (Å²) >= 11 is 0. The third-order valence-electron chi connectivity index (χ3n) is 8.00. The van der Waals surface area contributed by atoms with Crippen LogP contribution in [0.25, 0.3) is 5.57 Å². The molecule has 0 bridgehead atoms. The molecule has 0 amide bonds. The number of fused-ring (bicyclic) bond motifs is 4. The molecule has 1 aliphatic heterocycles. The summed E-state index contributed by atoms with van der Waals surface area (Å²) in [5, 5.41) is 3.92. The van der Waals surface area contributed by atoms with Crippen LogP contribution < -0.4 is 10.1 Å². The van der Waals surface area contributed by atoms with Crippen molar-refractivity contribution in [3.63, 3.8) is 0 Å². The number of hydrogen-bond donors (Lipinski definition) is 1. The maximum absolute atomic E-state index is 5.86. The first kappa shape index (κ1) is 20.1. The lowest BCUT2D eigenvalue weighted by molar-refractivity contribution is 0.285. The van der Waals surface area contributed by atoms with Crippen molar-refractivity contribution in [2.45, 2.75) is 77.3 Å². The zero-order valence-electron chi connectivity index (χ0n) is 19.1. The standard InChI is InChI=1S/C28H37NO/c1-18-17-28(2,3)29-23-15-14-21-26-20(12-9-13-24(26)30-4)16-22(27(21)25(18)23)19-10-7-5-6-8-11-19/h9,12-15,17,19,22-23,25,29H,5-8,10-11,16H2,1-4H3. The van der Waals surface area contributed by atoms with Crippen LogP contribution in [0, 0.1) is 17.8 Å². The molecule has 1 aromatic carbocycles. The van der Waals surface area contributed by atoms with Crippen molar-refractivity contribution >= 4 is 5.57 Å². The number of methoxy groups -OCH3 is 1. The van der Waals surface area contributed by atoms with Crippen LogP contribution in [0.1, 0.15) is 70.4 Å². The van der Waals surface area contributed by atoms with Crippen molar-refractivity contribution in [1.82, 2.24) is 5.32 Å². The van der Waals surface area contributed by atoms with Gasteiger partial charge in [0.1, 0.15) is 5.75 Å². The molecule has 3 atom stereocenters. The summed E-state index contributed by atoms with van der Waals surface area (Å²) in [6.45, 7) is 6.96. The summed E-state index contributed by atoms with van der Waals surface area (Å²) < 4.78 is 5.86. The highest BCUT2D eigenvalue weighted by Crippen LogP contribution is 2.52. The maximum Gasteiger partial charge on any atom is 0.126 e. The van der Waals surface area contributed by atoms with Gasteiger partial charge >= 0.3 is 0 Å². The van der Waals surface area contributed by atoms with Gasteiger partial charge < -0.3 is 10.1 Å². The van der Waals surface area contributed by atoms with E-state index in [-0.39, 0.29) is 5.54 Å². The van der Waals surface area contributed by atoms with Crippen LogP contribution in [0.3, 0.4) is 0 Å². The van der Waals surface area contributed by atoms with E-state index in [9.17, 15) is 0 Å². The van der Waals surface area contributed by atoms with Crippen LogP contribution in [0.4, 0.5) is 0 Å². The third kappa shape index (κ3) is 3.38. The average molecular weight is 404 g/mol. The molecule has 4 aliphatic rings. The van der Waals surface area contributed by atoms with Crippen molar-refractivity contribution in [2.24, 2.45) is 17.8 Å². The minimum atomic E-state index is 0.0513. The number of ether oxygens (including phenoxy) is 1. The molecule has 160 valence electrons. The molecule has 0 radical (unpaired) electrons. The zero-order chi connectivity index (χ0) is 20.9. The Morgan fingerprint density at radius 1 is 1.07 bits per heavy atom. The molecular formula is C28H37NO. The lowest BCUT2D eigenvalue weighted by Gasteiger charge is -2.47. The summed E-state index contributed by atoms with van der Waals surface area (Å²) in [7, 11) is 1.82. The Hall–Kier alpha value is -1.80. The summed E-state index contributed by atoms with van der Waals surface area (Å²) in [6.07, 6.45) is 16.9. The Morgan fingerprint density at radius 3 is 2.57 bits per heavy atom. The quantitative estimate of drug-likeness (QED) is 0.451. The van der Waals surface area contributed by atoms with Gasteiger partial charge in [-0.25, -0.2) is 0 Å². The molecule has 1 N–H and O–H groups in total. The minimum Gasteiger partial charge on any atom is -0.496 e. The third-order valence-corrected chi connectivity index (χ3v) is 8.00. The van der Waals surface area contributed by atoms with Crippen LogP contribution in [0.15, 0.2) is 47.6 Å². The van der Waals surface area contributed by atoms with E-state index in [1.165, 1.54) is 67.2 Å². The smallest absolute Gasteiger partial charge is 0.126 e. The van der Waals surface area contributed by atoms with Crippen molar-refractivity contribution in [3.8, 4) is 5.75 Å². The molecule has 30 heavy (non-hydrogen) atoms. The highest BCUT2D eigenvalue weighted by atomic mass is 16.5. The second-order valence-electron chi connectivity index (χ2n) is 10.5. The summed E-state index contributed by atoms with van der Waals surface area (Å²) in [5.74, 6) is 2.98. The van der Waals surface area contributed by atoms with Gasteiger partial charge in [-0.2, -0.15) is 0 Å². The Balaban J connectivity index is 1.68. The molecule has 0 saturated heterocycles. The van der Waals surface area contributed by atoms with Gasteiger partial charge in [-0.1, -0.05) is 61.6 Å². The lowest BCUT2D eigenvalue weighted by Crippen LogP contribution is -2.53. The second kappa shape index (κ2) is 7.71. The Labute approximate surface area is 182 Å². The predicted molar refractivity (Wildman–Crippen MR) is 126 cm³/mol. The summed E-state index contributed by atoms with van der Waals surface area (Å²) in [4.78, 5) is 0. The number of nitrogens with one attached hydrogen (secondary N) is 1. The highest BCUT2D eigenvalue weighted by Gasteiger charge is 2.43. The van der Waals surface area contributed by atoms with Crippen LogP contribution in [-0.4, -0.2) is 18.7 Å². The molecule has 2 heteroatoms. The van der Waals surface area contributed by atoms with E-state index in [2.05, 4.69) is 62.5 Å². The predicted octanol–water partition coefficient (Wildman–Crippen LogP) is 6.47. The van der Waals surface area contributed by atoms with E-state index in [4.69, 9.17) is 4.74 Å². The van der Waals surface area contributed by atoms with Crippen LogP contribution in [0.5, 0.6) is 5.75 Å². The first-order valence-corrected chi connectivity index (χ1v) is 12.0. The van der Waals surface area contributed by atoms with Crippen molar-refractivity contribution in [1.29, 1.82) is 0 Å². The maximum atomic E-state index is 5.86. The van der Waals surface area contributed by atoms with Gasteiger partial charge in [0.05, 0.1) is 7.11 Å². The van der Waals surface area contributed by atoms with E-state index >= 15 is 0 Å². The van der Waals surface area contributed by atoms with E-state index < -0.39 is 0 Å². The molecule has 2 nitrogen and oxygen atoms in total. The van der Waals surface area contributed by atoms with Crippen molar-refractivity contribution in [3.05, 3.63) is 58.7 Å². The fraction of sp³-hybridized carbons (Fsp3) is 0.571. The number of hydrogen-bond acceptors (Lipinski definition) is 2. The molecule has 1 saturated carbocycles. The van der Waals surface area contributed by atoms with Gasteiger partial charge in [-0.05, 0) is 74.6 Å². The molecule has 0 aromatic heterocycles. The fourth-order valence-electron chi connectivity index (χ4n) is 6.92. The fourth-order valence-corrected chi connectivity index (χ4v) is 6.92. The molecule has 3 unspecified atom stereocenters. The van der Waals surface area contributed by atoms with E-state index in [0.717, 1.165) is 11.7 Å². The molecular weight excluding hydrogens is 366 g/mol. The zero-order valence-corrected chi connectivity index (χ0v) is 19.1. The molecule has 1 fully saturated rings. The monoisotopic (exact) mass is 403 g/mol. The van der Waals surface area contributed by atoms with Gasteiger partial charge in [0.2, 0.25) is 0 Å². The number of rotatable bonds is 2.